The molecule has 0 spiro atoms. The van der Waals surface area contributed by atoms with Gasteiger partial charge in [-0.1, -0.05) is 36.8 Å². The SMILES string of the molecule is Cl.c1ccc(CCC2CCCC3CCCN32)cc1. The zero-order chi connectivity index (χ0) is 11.5. The minimum absolute atomic E-state index is 0. The molecule has 1 aromatic rings. The summed E-state index contributed by atoms with van der Waals surface area (Å²) in [5.41, 5.74) is 1.51. The molecule has 0 aromatic heterocycles. The normalized spacial score (nSPS) is 27.6. The molecule has 1 aromatic carbocycles. The predicted octanol–water partition coefficient (Wildman–Crippen LogP) is 4.06. The van der Waals surface area contributed by atoms with Gasteiger partial charge in [0.1, 0.15) is 0 Å². The summed E-state index contributed by atoms with van der Waals surface area (Å²) >= 11 is 0. The molecule has 2 saturated heterocycles. The summed E-state index contributed by atoms with van der Waals surface area (Å²) in [5, 5.41) is 0. The molecular formula is C16H24ClN. The Morgan fingerprint density at radius 3 is 2.61 bits per heavy atom. The lowest BCUT2D eigenvalue weighted by Crippen LogP contribution is -2.42. The molecule has 2 aliphatic heterocycles. The standard InChI is InChI=1S/C16H23N.ClH/c1-2-6-14(7-3-1)11-12-16-9-4-8-15-10-5-13-17(15)16;/h1-3,6-7,15-16H,4-5,8-13H2;1H. The highest BCUT2D eigenvalue weighted by molar-refractivity contribution is 5.85. The van der Waals surface area contributed by atoms with Crippen molar-refractivity contribution < 1.29 is 0 Å². The second-order valence-corrected chi connectivity index (χ2v) is 5.64. The van der Waals surface area contributed by atoms with Gasteiger partial charge in [0.25, 0.3) is 0 Å². The topological polar surface area (TPSA) is 3.24 Å². The lowest BCUT2D eigenvalue weighted by atomic mass is 9.92. The molecule has 100 valence electrons. The summed E-state index contributed by atoms with van der Waals surface area (Å²) in [4.78, 5) is 2.81. The number of fused-ring (bicyclic) bond motifs is 1. The van der Waals surface area contributed by atoms with E-state index in [9.17, 15) is 0 Å². The van der Waals surface area contributed by atoms with Gasteiger partial charge in [0.15, 0.2) is 0 Å². The molecule has 18 heavy (non-hydrogen) atoms. The van der Waals surface area contributed by atoms with E-state index in [0.29, 0.717) is 0 Å². The Balaban J connectivity index is 0.00000120. The van der Waals surface area contributed by atoms with E-state index >= 15 is 0 Å². The zero-order valence-corrected chi connectivity index (χ0v) is 11.9. The summed E-state index contributed by atoms with van der Waals surface area (Å²) in [6, 6.07) is 12.8. The third kappa shape index (κ3) is 3.07. The number of hydrogen-bond donors (Lipinski definition) is 0. The molecule has 3 rings (SSSR count). The number of benzene rings is 1. The van der Waals surface area contributed by atoms with Crippen LogP contribution in [0.2, 0.25) is 0 Å². The molecule has 1 nitrogen and oxygen atoms in total. The van der Waals surface area contributed by atoms with Crippen molar-refractivity contribution in [3.8, 4) is 0 Å². The molecule has 2 heterocycles. The van der Waals surface area contributed by atoms with E-state index in [1.807, 2.05) is 0 Å². The fourth-order valence-corrected chi connectivity index (χ4v) is 3.69. The van der Waals surface area contributed by atoms with Crippen molar-refractivity contribution in [3.63, 3.8) is 0 Å². The second kappa shape index (κ2) is 6.58. The van der Waals surface area contributed by atoms with E-state index < -0.39 is 0 Å². The summed E-state index contributed by atoms with van der Waals surface area (Å²) in [5.74, 6) is 0. The molecule has 0 radical (unpaired) electrons. The van der Waals surface area contributed by atoms with E-state index in [1.165, 1.54) is 57.1 Å². The van der Waals surface area contributed by atoms with Crippen LogP contribution in [-0.4, -0.2) is 23.5 Å². The highest BCUT2D eigenvalue weighted by Crippen LogP contribution is 2.32. The van der Waals surface area contributed by atoms with Crippen LogP contribution in [0.25, 0.3) is 0 Å². The minimum Gasteiger partial charge on any atom is -0.297 e. The monoisotopic (exact) mass is 265 g/mol. The van der Waals surface area contributed by atoms with Crippen molar-refractivity contribution >= 4 is 12.4 Å². The molecule has 2 heteroatoms. The van der Waals surface area contributed by atoms with Crippen LogP contribution < -0.4 is 0 Å². The van der Waals surface area contributed by atoms with E-state index in [4.69, 9.17) is 0 Å². The van der Waals surface area contributed by atoms with Gasteiger partial charge in [-0.05, 0) is 50.6 Å². The first kappa shape index (κ1) is 13.9. The fraction of sp³-hybridized carbons (Fsp3) is 0.625. The maximum Gasteiger partial charge on any atom is 0.0101 e. The molecule has 2 unspecified atom stereocenters. The number of nitrogens with zero attached hydrogens (tertiary/aromatic N) is 1. The van der Waals surface area contributed by atoms with Crippen LogP contribution in [0.4, 0.5) is 0 Å². The van der Waals surface area contributed by atoms with Gasteiger partial charge < -0.3 is 0 Å². The zero-order valence-electron chi connectivity index (χ0n) is 11.1. The van der Waals surface area contributed by atoms with Crippen LogP contribution in [0.5, 0.6) is 0 Å². The van der Waals surface area contributed by atoms with Crippen LogP contribution in [-0.2, 0) is 6.42 Å². The minimum atomic E-state index is 0. The number of piperidine rings is 1. The molecule has 0 N–H and O–H groups in total. The predicted molar refractivity (Wildman–Crippen MR) is 79.4 cm³/mol. The van der Waals surface area contributed by atoms with E-state index in [-0.39, 0.29) is 12.4 Å². The van der Waals surface area contributed by atoms with Gasteiger partial charge in [-0.2, -0.15) is 0 Å². The van der Waals surface area contributed by atoms with Gasteiger partial charge in [0.2, 0.25) is 0 Å². The molecule has 0 aliphatic carbocycles. The van der Waals surface area contributed by atoms with Gasteiger partial charge in [-0.3, -0.25) is 4.90 Å². The van der Waals surface area contributed by atoms with Crippen LogP contribution in [0.3, 0.4) is 0 Å². The molecule has 0 bridgehead atoms. The quantitative estimate of drug-likeness (QED) is 0.797. The Morgan fingerprint density at radius 1 is 1.00 bits per heavy atom. The highest BCUT2D eigenvalue weighted by Gasteiger charge is 2.33. The largest absolute Gasteiger partial charge is 0.297 e. The van der Waals surface area contributed by atoms with E-state index in [0.717, 1.165) is 12.1 Å². The van der Waals surface area contributed by atoms with Crippen molar-refractivity contribution in [2.45, 2.75) is 57.0 Å². The van der Waals surface area contributed by atoms with Crippen LogP contribution >= 0.6 is 12.4 Å². The Bertz CT molecular complexity index is 351. The fourth-order valence-electron chi connectivity index (χ4n) is 3.69. The smallest absolute Gasteiger partial charge is 0.0101 e. The summed E-state index contributed by atoms with van der Waals surface area (Å²) in [7, 11) is 0. The number of halogens is 1. The molecule has 0 amide bonds. The first-order valence-corrected chi connectivity index (χ1v) is 7.23. The molecule has 2 fully saturated rings. The first-order chi connectivity index (χ1) is 8.43. The maximum atomic E-state index is 2.81. The third-order valence-electron chi connectivity index (χ3n) is 4.58. The second-order valence-electron chi connectivity index (χ2n) is 5.64. The summed E-state index contributed by atoms with van der Waals surface area (Å²) in [6.45, 7) is 1.37. The molecule has 2 atom stereocenters. The van der Waals surface area contributed by atoms with Crippen molar-refractivity contribution in [2.24, 2.45) is 0 Å². The Labute approximate surface area is 117 Å². The maximum absolute atomic E-state index is 2.81. The molecular weight excluding hydrogens is 242 g/mol. The van der Waals surface area contributed by atoms with Crippen LogP contribution in [0, 0.1) is 0 Å². The summed E-state index contributed by atoms with van der Waals surface area (Å²) in [6.07, 6.45) is 9.87. The highest BCUT2D eigenvalue weighted by atomic mass is 35.5. The Morgan fingerprint density at radius 2 is 1.78 bits per heavy atom. The van der Waals surface area contributed by atoms with Crippen molar-refractivity contribution in [1.82, 2.24) is 4.90 Å². The number of hydrogen-bond acceptors (Lipinski definition) is 1. The van der Waals surface area contributed by atoms with Crippen LogP contribution in [0.15, 0.2) is 30.3 Å². The Kier molecular flexibility index (Phi) is 5.08. The van der Waals surface area contributed by atoms with Crippen molar-refractivity contribution in [3.05, 3.63) is 35.9 Å². The van der Waals surface area contributed by atoms with E-state index in [2.05, 4.69) is 35.2 Å². The van der Waals surface area contributed by atoms with Gasteiger partial charge in [0.05, 0.1) is 0 Å². The van der Waals surface area contributed by atoms with Gasteiger partial charge in [-0.25, -0.2) is 0 Å². The lowest BCUT2D eigenvalue weighted by Gasteiger charge is -2.37. The first-order valence-electron chi connectivity index (χ1n) is 7.23. The van der Waals surface area contributed by atoms with Gasteiger partial charge >= 0.3 is 0 Å². The van der Waals surface area contributed by atoms with Crippen molar-refractivity contribution in [2.75, 3.05) is 6.54 Å². The number of aryl methyl sites for hydroxylation is 1. The average Bonchev–Trinajstić information content (AvgIpc) is 2.86. The van der Waals surface area contributed by atoms with Crippen LogP contribution in [0.1, 0.15) is 44.1 Å². The summed E-state index contributed by atoms with van der Waals surface area (Å²) < 4.78 is 0. The van der Waals surface area contributed by atoms with E-state index in [1.54, 1.807) is 0 Å². The Hall–Kier alpha value is -0.530. The van der Waals surface area contributed by atoms with Gasteiger partial charge in [-0.15, -0.1) is 12.4 Å². The third-order valence-corrected chi connectivity index (χ3v) is 4.58. The lowest BCUT2D eigenvalue weighted by molar-refractivity contribution is 0.116. The van der Waals surface area contributed by atoms with Gasteiger partial charge in [0, 0.05) is 12.1 Å². The average molecular weight is 266 g/mol. The van der Waals surface area contributed by atoms with Crippen molar-refractivity contribution in [1.29, 1.82) is 0 Å². The molecule has 0 saturated carbocycles. The molecule has 2 aliphatic rings. The number of rotatable bonds is 3.